The Morgan fingerprint density at radius 3 is 0.714 bits per heavy atom. The van der Waals surface area contributed by atoms with Crippen molar-refractivity contribution in [2.24, 2.45) is 0 Å². The van der Waals surface area contributed by atoms with Gasteiger partial charge in [0.25, 0.3) is 0 Å². The molecule has 0 rings (SSSR count). The van der Waals surface area contributed by atoms with Crippen molar-refractivity contribution >= 4 is 11.0 Å². The molecule has 0 N–H and O–H groups in total. The second-order valence-corrected chi connectivity index (χ2v) is 3.07. The van der Waals surface area contributed by atoms with Crippen LogP contribution in [0, 0.1) is 0 Å². The third-order valence-electron chi connectivity index (χ3n) is 0. The summed E-state index contributed by atoms with van der Waals surface area (Å²) in [6.07, 6.45) is 0. The third-order valence-corrected chi connectivity index (χ3v) is 0. The van der Waals surface area contributed by atoms with Gasteiger partial charge >= 0.3 is 31.0 Å². The van der Waals surface area contributed by atoms with Crippen LogP contribution in [0.3, 0.4) is 0 Å². The van der Waals surface area contributed by atoms with Gasteiger partial charge in [0, 0.05) is 0 Å². The molecule has 0 spiro atoms. The second-order valence-electron chi connectivity index (χ2n) is 0.745. The molecule has 0 aliphatic carbocycles. The number of rotatable bonds is 0. The van der Waals surface area contributed by atoms with Crippen LogP contribution in [0.2, 0.25) is 0 Å². The Morgan fingerprint density at radius 2 is 0.714 bits per heavy atom. The topological polar surface area (TPSA) is 85.3 Å². The van der Waals surface area contributed by atoms with Gasteiger partial charge in [-0.3, -0.25) is 0 Å². The van der Waals surface area contributed by atoms with Crippen molar-refractivity contribution in [1.29, 1.82) is 0 Å². The molecule has 7 heavy (non-hydrogen) atoms. The first kappa shape index (κ1) is 9.93. The van der Waals surface area contributed by atoms with Crippen molar-refractivity contribution in [2.75, 3.05) is 0 Å². The van der Waals surface area contributed by atoms with Crippen LogP contribution >= 0.6 is 0 Å². The van der Waals surface area contributed by atoms with Crippen LogP contribution in [-0.4, -0.2) is 11.0 Å². The molecule has 43 valence electrons. The van der Waals surface area contributed by atoms with Crippen molar-refractivity contribution in [2.45, 2.75) is 0 Å². The van der Waals surface area contributed by atoms with Crippen LogP contribution < -0.4 is 0 Å². The first-order valence-electron chi connectivity index (χ1n) is 0.913. The van der Waals surface area contributed by atoms with Gasteiger partial charge in [0.2, 0.25) is 0 Å². The fourth-order valence-electron chi connectivity index (χ4n) is 0. The minimum absolute atomic E-state index is 0. The molecule has 0 saturated heterocycles. The Kier molecular flexibility index (Phi) is 1.97. The maximum atomic E-state index is 8.64. The minimum Gasteiger partial charge on any atom is -0.0149 e. The summed E-state index contributed by atoms with van der Waals surface area (Å²) in [4.78, 5) is 0. The Bertz CT molecular complexity index is 278. The summed E-state index contributed by atoms with van der Waals surface area (Å²) in [5.41, 5.74) is 0. The van der Waals surface area contributed by atoms with E-state index in [1.807, 2.05) is 0 Å². The van der Waals surface area contributed by atoms with Crippen molar-refractivity contribution in [3.8, 4) is 0 Å². The average molecular weight is 163 g/mol. The molecule has 0 aromatic carbocycles. The summed E-state index contributed by atoms with van der Waals surface area (Å²) in [5.74, 6) is 0. The normalized spacial score (nSPS) is 8.57. The summed E-state index contributed by atoms with van der Waals surface area (Å²) < 4.78 is 43.2. The molecule has 0 aliphatic heterocycles. The Hall–Kier alpha value is -0.199. The molecular formula is H4O5SiV. The largest absolute Gasteiger partial charge is 0.0149 e. The fraction of sp³-hybridized carbons (Fsp3) is 0. The smallest absolute Gasteiger partial charge is 0.0149 e. The minimum atomic E-state index is -7.74. The molecular weight excluding hydrogens is 159 g/mol. The quantitative estimate of drug-likeness (QED) is 0.384. The Balaban J connectivity index is 0. The zero-order valence-corrected chi connectivity index (χ0v) is 3.89. The zero-order valence-electron chi connectivity index (χ0n) is 2.49. The van der Waals surface area contributed by atoms with E-state index in [1.54, 1.807) is 0 Å². The van der Waals surface area contributed by atoms with Crippen LogP contribution in [0.15, 0.2) is 0 Å². The van der Waals surface area contributed by atoms with E-state index < -0.39 is 12.6 Å². The van der Waals surface area contributed by atoms with E-state index in [9.17, 15) is 0 Å². The summed E-state index contributed by atoms with van der Waals surface area (Å²) in [6, 6.07) is 0. The molecule has 5 nitrogen and oxygen atoms in total. The maximum Gasteiger partial charge on any atom is -0.0149 e. The van der Waals surface area contributed by atoms with Gasteiger partial charge in [0.05, 0.1) is 0 Å². The van der Waals surface area contributed by atoms with Crippen molar-refractivity contribution < 1.29 is 31.0 Å². The molecule has 0 bridgehead atoms. The first-order valence-corrected chi connectivity index (χ1v) is 3.76. The maximum absolute atomic E-state index is 8.64. The molecule has 0 radical (unpaired) electrons. The fourth-order valence-corrected chi connectivity index (χ4v) is 0. The van der Waals surface area contributed by atoms with Crippen LogP contribution in [0.5, 0.6) is 0 Å². The van der Waals surface area contributed by atoms with Gasteiger partial charge in [0.1, 0.15) is 0 Å². The number of hydrogen-bond donors (Lipinski definition) is 0. The van der Waals surface area contributed by atoms with Crippen LogP contribution in [-0.2, 0) is 31.0 Å². The number of hydrogen-bond acceptors (Lipinski definition) is 5. The SMILES string of the molecule is [O]=[V](=[O])(=[O])(=[O])=[O].[SiH4]. The van der Waals surface area contributed by atoms with Gasteiger partial charge in [-0.05, 0) is 11.0 Å². The summed E-state index contributed by atoms with van der Waals surface area (Å²) in [5, 5.41) is 0. The zero-order chi connectivity index (χ0) is 5.45. The predicted octanol–water partition coefficient (Wildman–Crippen LogP) is -2.05. The molecule has 7 heteroatoms. The second kappa shape index (κ2) is 1.39. The van der Waals surface area contributed by atoms with Gasteiger partial charge in [0.15, 0.2) is 0 Å². The first-order chi connectivity index (χ1) is 2.24. The monoisotopic (exact) mass is 163 g/mol. The average Bonchev–Trinajstić information content (AvgIpc) is 0.650. The van der Waals surface area contributed by atoms with Gasteiger partial charge in [-0.1, -0.05) is 0 Å². The molecule has 0 amide bonds. The van der Waals surface area contributed by atoms with E-state index >= 15 is 0 Å². The van der Waals surface area contributed by atoms with Crippen LogP contribution in [0.1, 0.15) is 0 Å². The molecule has 0 atom stereocenters. The van der Waals surface area contributed by atoms with Crippen LogP contribution in [0.4, 0.5) is 0 Å². The van der Waals surface area contributed by atoms with Gasteiger partial charge < -0.3 is 0 Å². The molecule has 0 saturated carbocycles. The molecule has 0 unspecified atom stereocenters. The molecule has 0 aliphatic rings. The van der Waals surface area contributed by atoms with E-state index in [1.165, 1.54) is 0 Å². The van der Waals surface area contributed by atoms with Crippen molar-refractivity contribution in [3.05, 3.63) is 0 Å². The molecule has 0 aromatic heterocycles. The Labute approximate surface area is 42.6 Å². The van der Waals surface area contributed by atoms with Crippen molar-refractivity contribution in [3.63, 3.8) is 0 Å². The van der Waals surface area contributed by atoms with Crippen molar-refractivity contribution in [1.82, 2.24) is 0 Å². The van der Waals surface area contributed by atoms with Gasteiger partial charge in [-0.2, -0.15) is 0 Å². The molecule has 0 heterocycles. The van der Waals surface area contributed by atoms with Crippen LogP contribution in [0.25, 0.3) is 0 Å². The summed E-state index contributed by atoms with van der Waals surface area (Å²) in [6.45, 7) is 0. The molecule has 0 fully saturated rings. The van der Waals surface area contributed by atoms with E-state index in [2.05, 4.69) is 0 Å². The summed E-state index contributed by atoms with van der Waals surface area (Å²) >= 11 is -7.74. The van der Waals surface area contributed by atoms with E-state index in [-0.39, 0.29) is 11.0 Å². The summed E-state index contributed by atoms with van der Waals surface area (Å²) in [7, 11) is 0. The van der Waals surface area contributed by atoms with E-state index in [0.29, 0.717) is 0 Å². The van der Waals surface area contributed by atoms with Gasteiger partial charge in [-0.15, -0.1) is 0 Å². The van der Waals surface area contributed by atoms with Gasteiger partial charge in [-0.25, -0.2) is 0 Å². The van der Waals surface area contributed by atoms with E-state index in [4.69, 9.17) is 18.4 Å². The Morgan fingerprint density at radius 1 is 0.714 bits per heavy atom. The van der Waals surface area contributed by atoms with E-state index in [0.717, 1.165) is 0 Å². The predicted molar refractivity (Wildman–Crippen MR) is 14.8 cm³/mol. The molecule has 0 aromatic rings. The standard InChI is InChI=1S/5O.H4Si.V/h;;;;;1H4;. The third kappa shape index (κ3) is 2120.